The number of nitrogens with one attached hydrogen (secondary N) is 1. The summed E-state index contributed by atoms with van der Waals surface area (Å²) in [5.74, 6) is -0.398. The van der Waals surface area contributed by atoms with Crippen LogP contribution < -0.4 is 10.2 Å². The number of benzene rings is 3. The lowest BCUT2D eigenvalue weighted by atomic mass is 10.1. The molecule has 8 heteroatoms. The lowest BCUT2D eigenvalue weighted by Crippen LogP contribution is -2.59. The van der Waals surface area contributed by atoms with Gasteiger partial charge in [-0.05, 0) is 40.6 Å². The molecule has 1 atom stereocenters. The van der Waals surface area contributed by atoms with Gasteiger partial charge in [0.25, 0.3) is 11.6 Å². The largest absolute Gasteiger partial charge is 0.489 e. The SMILES string of the molecule is C=C1CC(O)(C(F)(F)F)N(C(=O)c2cccc(COc3ccc4ccccc4c3)c2)N1. The predicted octanol–water partition coefficient (Wildman–Crippen LogP) is 4.53. The molecule has 0 aromatic heterocycles. The number of halogens is 3. The predicted molar refractivity (Wildman–Crippen MR) is 109 cm³/mol. The number of fused-ring (bicyclic) bond motifs is 1. The lowest BCUT2D eigenvalue weighted by Gasteiger charge is -2.33. The van der Waals surface area contributed by atoms with E-state index in [-0.39, 0.29) is 22.9 Å². The van der Waals surface area contributed by atoms with Crippen LogP contribution >= 0.6 is 0 Å². The minimum atomic E-state index is -5.05. The van der Waals surface area contributed by atoms with Gasteiger partial charge in [-0.15, -0.1) is 0 Å². The highest BCUT2D eigenvalue weighted by Gasteiger charge is 2.63. The molecule has 1 fully saturated rings. The highest BCUT2D eigenvalue weighted by Crippen LogP contribution is 2.41. The maximum Gasteiger partial charge on any atom is 0.438 e. The molecule has 3 aromatic carbocycles. The van der Waals surface area contributed by atoms with Crippen molar-refractivity contribution in [1.29, 1.82) is 0 Å². The Labute approximate surface area is 176 Å². The molecule has 3 aromatic rings. The first-order valence-corrected chi connectivity index (χ1v) is 9.46. The minimum Gasteiger partial charge on any atom is -0.489 e. The van der Waals surface area contributed by atoms with Crippen molar-refractivity contribution in [2.45, 2.75) is 24.9 Å². The van der Waals surface area contributed by atoms with Gasteiger partial charge in [0, 0.05) is 17.7 Å². The number of amides is 1. The molecular weight excluding hydrogens is 409 g/mol. The number of carbonyl (C=O) groups is 1. The summed E-state index contributed by atoms with van der Waals surface area (Å²) in [5.41, 5.74) is -0.671. The van der Waals surface area contributed by atoms with Crippen LogP contribution in [-0.2, 0) is 6.61 Å². The van der Waals surface area contributed by atoms with E-state index >= 15 is 0 Å². The Morgan fingerprint density at radius 3 is 2.58 bits per heavy atom. The Bertz CT molecular complexity index is 1160. The van der Waals surface area contributed by atoms with Crippen LogP contribution in [0, 0.1) is 0 Å². The van der Waals surface area contributed by atoms with Crippen molar-refractivity contribution >= 4 is 16.7 Å². The van der Waals surface area contributed by atoms with E-state index in [4.69, 9.17) is 4.74 Å². The molecule has 5 nitrogen and oxygen atoms in total. The van der Waals surface area contributed by atoms with Gasteiger partial charge in [0.05, 0.1) is 0 Å². The van der Waals surface area contributed by atoms with Gasteiger partial charge < -0.3 is 9.84 Å². The molecule has 1 amide bonds. The smallest absolute Gasteiger partial charge is 0.438 e. The minimum absolute atomic E-state index is 0.0236. The summed E-state index contributed by atoms with van der Waals surface area (Å²) in [5, 5.41) is 12.4. The van der Waals surface area contributed by atoms with Gasteiger partial charge in [-0.3, -0.25) is 10.2 Å². The fourth-order valence-corrected chi connectivity index (χ4v) is 3.46. The van der Waals surface area contributed by atoms with Crippen molar-refractivity contribution in [3.8, 4) is 5.75 Å². The van der Waals surface area contributed by atoms with Crippen molar-refractivity contribution in [3.63, 3.8) is 0 Å². The second kappa shape index (κ2) is 7.63. The van der Waals surface area contributed by atoms with E-state index < -0.39 is 24.2 Å². The summed E-state index contributed by atoms with van der Waals surface area (Å²) in [4.78, 5) is 12.7. The molecule has 0 aliphatic carbocycles. The molecule has 4 rings (SSSR count). The van der Waals surface area contributed by atoms with Crippen LogP contribution in [-0.4, -0.2) is 27.9 Å². The molecule has 0 radical (unpaired) electrons. The van der Waals surface area contributed by atoms with Gasteiger partial charge in [0.15, 0.2) is 0 Å². The molecule has 1 saturated heterocycles. The Morgan fingerprint density at radius 1 is 1.10 bits per heavy atom. The number of aliphatic hydroxyl groups is 1. The number of hydrogen-bond donors (Lipinski definition) is 2. The van der Waals surface area contributed by atoms with Gasteiger partial charge in [-0.25, -0.2) is 5.01 Å². The zero-order valence-corrected chi connectivity index (χ0v) is 16.3. The number of nitrogens with zero attached hydrogens (tertiary/aromatic N) is 1. The molecule has 0 bridgehead atoms. The van der Waals surface area contributed by atoms with Crippen LogP contribution in [0.3, 0.4) is 0 Å². The summed E-state index contributed by atoms with van der Waals surface area (Å²) in [7, 11) is 0. The fourth-order valence-electron chi connectivity index (χ4n) is 3.46. The second-order valence-electron chi connectivity index (χ2n) is 7.35. The quantitative estimate of drug-likeness (QED) is 0.641. The number of ether oxygens (including phenoxy) is 1. The van der Waals surface area contributed by atoms with Crippen LogP contribution in [0.2, 0.25) is 0 Å². The van der Waals surface area contributed by atoms with Gasteiger partial charge >= 0.3 is 6.18 Å². The summed E-state index contributed by atoms with van der Waals surface area (Å²) in [6.07, 6.45) is -5.89. The normalized spacial score (nSPS) is 18.8. The Balaban J connectivity index is 1.52. The van der Waals surface area contributed by atoms with Crippen LogP contribution in [0.25, 0.3) is 10.8 Å². The highest BCUT2D eigenvalue weighted by atomic mass is 19.4. The Morgan fingerprint density at radius 2 is 1.84 bits per heavy atom. The standard InChI is InChI=1S/C23H19F3N2O3/c1-15-13-22(30,23(24,25)26)28(27-15)21(29)19-8-4-5-16(11-19)14-31-20-10-9-17-6-2-3-7-18(17)12-20/h2-12,27,30H,1,13-14H2. The summed E-state index contributed by atoms with van der Waals surface area (Å²) >= 11 is 0. The molecule has 1 unspecified atom stereocenters. The molecule has 160 valence electrons. The molecule has 1 heterocycles. The first kappa shape index (κ1) is 20.7. The average Bonchev–Trinajstić information content (AvgIpc) is 3.07. The number of carbonyl (C=O) groups excluding carboxylic acids is 1. The van der Waals surface area contributed by atoms with E-state index in [1.807, 2.05) is 42.5 Å². The second-order valence-corrected chi connectivity index (χ2v) is 7.35. The first-order chi connectivity index (χ1) is 14.7. The van der Waals surface area contributed by atoms with Gasteiger partial charge in [-0.1, -0.05) is 49.0 Å². The third kappa shape index (κ3) is 3.94. The van der Waals surface area contributed by atoms with E-state index in [1.54, 1.807) is 12.1 Å². The molecular formula is C23H19F3N2O3. The zero-order chi connectivity index (χ0) is 22.2. The summed E-state index contributed by atoms with van der Waals surface area (Å²) < 4.78 is 46.0. The lowest BCUT2D eigenvalue weighted by molar-refractivity contribution is -0.299. The third-order valence-electron chi connectivity index (χ3n) is 5.06. The zero-order valence-electron chi connectivity index (χ0n) is 16.3. The third-order valence-corrected chi connectivity index (χ3v) is 5.06. The Kier molecular flexibility index (Phi) is 5.10. The highest BCUT2D eigenvalue weighted by molar-refractivity contribution is 5.95. The number of hydrazine groups is 1. The average molecular weight is 428 g/mol. The van der Waals surface area contributed by atoms with Crippen molar-refractivity contribution in [1.82, 2.24) is 10.4 Å². The Hall–Kier alpha value is -3.52. The monoisotopic (exact) mass is 428 g/mol. The van der Waals surface area contributed by atoms with Gasteiger partial charge in [-0.2, -0.15) is 13.2 Å². The van der Waals surface area contributed by atoms with E-state index in [2.05, 4.69) is 12.0 Å². The van der Waals surface area contributed by atoms with E-state index in [1.165, 1.54) is 12.1 Å². The first-order valence-electron chi connectivity index (χ1n) is 9.46. The fraction of sp³-hybridized carbons (Fsp3) is 0.174. The summed E-state index contributed by atoms with van der Waals surface area (Å²) in [6, 6.07) is 19.5. The van der Waals surface area contributed by atoms with Crippen LogP contribution in [0.4, 0.5) is 13.2 Å². The molecule has 2 N–H and O–H groups in total. The van der Waals surface area contributed by atoms with E-state index in [9.17, 15) is 23.1 Å². The molecule has 31 heavy (non-hydrogen) atoms. The maximum absolute atomic E-state index is 13.4. The topological polar surface area (TPSA) is 61.8 Å². The van der Waals surface area contributed by atoms with Crippen molar-refractivity contribution < 1.29 is 27.8 Å². The summed E-state index contributed by atoms with van der Waals surface area (Å²) in [6.45, 7) is 3.52. The van der Waals surface area contributed by atoms with Gasteiger partial charge in [0.1, 0.15) is 12.4 Å². The number of alkyl halides is 3. The van der Waals surface area contributed by atoms with Crippen molar-refractivity contribution in [2.24, 2.45) is 0 Å². The molecule has 1 aliphatic rings. The van der Waals surface area contributed by atoms with E-state index in [0.717, 1.165) is 10.8 Å². The van der Waals surface area contributed by atoms with Crippen LogP contribution in [0.5, 0.6) is 5.75 Å². The number of hydrogen-bond acceptors (Lipinski definition) is 4. The number of rotatable bonds is 4. The van der Waals surface area contributed by atoms with Crippen LogP contribution in [0.15, 0.2) is 79.0 Å². The van der Waals surface area contributed by atoms with Crippen molar-refractivity contribution in [2.75, 3.05) is 0 Å². The van der Waals surface area contributed by atoms with Crippen LogP contribution in [0.1, 0.15) is 22.3 Å². The molecule has 0 spiro atoms. The van der Waals surface area contributed by atoms with Crippen molar-refractivity contribution in [3.05, 3.63) is 90.1 Å². The molecule has 0 saturated carbocycles. The molecule has 1 aliphatic heterocycles. The van der Waals surface area contributed by atoms with E-state index in [0.29, 0.717) is 11.3 Å². The van der Waals surface area contributed by atoms with Gasteiger partial charge in [0.2, 0.25) is 0 Å². The maximum atomic E-state index is 13.4.